The van der Waals surface area contributed by atoms with Gasteiger partial charge in [0.1, 0.15) is 11.9 Å². The second-order valence-corrected chi connectivity index (χ2v) is 11.1. The molecule has 3 aromatic carbocycles. The molecule has 48 heavy (non-hydrogen) atoms. The molecule has 1 aliphatic rings. The molecule has 13 nitrogen and oxygen atoms in total. The lowest BCUT2D eigenvalue weighted by Crippen LogP contribution is -2.81. The first-order valence-electron chi connectivity index (χ1n) is 15.1. The molecule has 2 amide bonds. The Morgan fingerprint density at radius 3 is 2.00 bits per heavy atom. The van der Waals surface area contributed by atoms with Crippen LogP contribution in [-0.4, -0.2) is 99.2 Å². The molecule has 256 valence electrons. The number of methoxy groups -OCH3 is 4. The van der Waals surface area contributed by atoms with Crippen LogP contribution in [0.4, 0.5) is 4.79 Å². The molecule has 5 atom stereocenters. The third-order valence-corrected chi connectivity index (χ3v) is 8.50. The second-order valence-electron chi connectivity index (χ2n) is 11.1. The number of nitrogens with one attached hydrogen (secondary N) is 1. The van der Waals surface area contributed by atoms with E-state index in [1.165, 1.54) is 69.9 Å². The number of hydrogen-bond acceptors (Lipinski definition) is 10. The molecule has 1 aliphatic heterocycles. The number of Topliss-reactive ketones (excluding diaryl/α,β-unsaturated/α-hetero) is 1. The van der Waals surface area contributed by atoms with E-state index in [2.05, 4.69) is 5.32 Å². The van der Waals surface area contributed by atoms with Crippen LogP contribution in [0.3, 0.4) is 0 Å². The molecule has 0 aliphatic carbocycles. The molecule has 1 heterocycles. The summed E-state index contributed by atoms with van der Waals surface area (Å²) < 4.78 is 34.3. The quantitative estimate of drug-likeness (QED) is 0.153. The van der Waals surface area contributed by atoms with E-state index in [1.807, 2.05) is 0 Å². The highest BCUT2D eigenvalue weighted by Gasteiger charge is 2.73. The number of carbonyl (C=O) groups excluding carboxylic acids is 3. The molecule has 1 saturated heterocycles. The predicted octanol–water partition coefficient (Wildman–Crippen LogP) is 4.23. The zero-order valence-corrected chi connectivity index (χ0v) is 27.4. The molecule has 3 aromatic rings. The Labute approximate surface area is 278 Å². The first-order valence-corrected chi connectivity index (χ1v) is 15.1. The van der Waals surface area contributed by atoms with Crippen molar-refractivity contribution in [3.63, 3.8) is 0 Å². The highest BCUT2D eigenvalue weighted by molar-refractivity contribution is 6.09. The van der Waals surface area contributed by atoms with Gasteiger partial charge in [0.05, 0.1) is 11.7 Å². The molecular formula is C35H40N2O11. The van der Waals surface area contributed by atoms with Crippen molar-refractivity contribution in [2.45, 2.75) is 37.0 Å². The Morgan fingerprint density at radius 2 is 1.48 bits per heavy atom. The summed E-state index contributed by atoms with van der Waals surface area (Å²) in [6.45, 7) is 1.41. The maximum atomic E-state index is 15.2. The standard InChI is InChI=1S/C35H40N2O11/c1-23(44-3)28-20-21-37(33(41)42)35(46-5,48-32(40)26-14-10-7-11-15-26)34(30(28)45-4,29(38)24-12-8-6-9-13-24)36-31(39)25-16-18-27(19-17-25)47-22-43-2/h6-19,23,28,30H,20-22H2,1-5H3,(H,36,39)(H,41,42). The maximum Gasteiger partial charge on any atom is 0.412 e. The van der Waals surface area contributed by atoms with Crippen LogP contribution in [0.1, 0.15) is 44.4 Å². The van der Waals surface area contributed by atoms with Gasteiger partial charge in [-0.1, -0.05) is 48.5 Å². The third kappa shape index (κ3) is 6.90. The van der Waals surface area contributed by atoms with Gasteiger partial charge in [-0.2, -0.15) is 0 Å². The van der Waals surface area contributed by atoms with Gasteiger partial charge in [0, 0.05) is 52.0 Å². The van der Waals surface area contributed by atoms with E-state index in [4.69, 9.17) is 28.4 Å². The van der Waals surface area contributed by atoms with Crippen LogP contribution < -0.4 is 10.1 Å². The normalized spacial score (nSPS) is 23.0. The minimum Gasteiger partial charge on any atom is -0.468 e. The Morgan fingerprint density at radius 1 is 0.875 bits per heavy atom. The number of esters is 1. The molecule has 0 radical (unpaired) electrons. The van der Waals surface area contributed by atoms with Crippen molar-refractivity contribution in [1.82, 2.24) is 10.2 Å². The van der Waals surface area contributed by atoms with Gasteiger partial charge in [-0.05, 0) is 49.7 Å². The average molecular weight is 665 g/mol. The van der Waals surface area contributed by atoms with Crippen molar-refractivity contribution in [3.05, 3.63) is 102 Å². The van der Waals surface area contributed by atoms with E-state index in [9.17, 15) is 19.5 Å². The first-order chi connectivity index (χ1) is 23.1. The van der Waals surface area contributed by atoms with Crippen LogP contribution in [0.5, 0.6) is 5.75 Å². The van der Waals surface area contributed by atoms with Crippen LogP contribution in [0, 0.1) is 5.92 Å². The van der Waals surface area contributed by atoms with E-state index >= 15 is 4.79 Å². The third-order valence-electron chi connectivity index (χ3n) is 8.50. The van der Waals surface area contributed by atoms with E-state index in [0.717, 1.165) is 7.11 Å². The van der Waals surface area contributed by atoms with Gasteiger partial charge in [0.15, 0.2) is 12.6 Å². The molecule has 0 saturated carbocycles. The molecule has 0 aromatic heterocycles. The van der Waals surface area contributed by atoms with Crippen molar-refractivity contribution in [3.8, 4) is 5.75 Å². The molecule has 4 rings (SSSR count). The van der Waals surface area contributed by atoms with Crippen LogP contribution in [0.2, 0.25) is 0 Å². The van der Waals surface area contributed by atoms with E-state index < -0.39 is 53.3 Å². The second kappa shape index (κ2) is 15.8. The van der Waals surface area contributed by atoms with Gasteiger partial charge in [-0.15, -0.1) is 0 Å². The molecule has 2 N–H and O–H groups in total. The summed E-state index contributed by atoms with van der Waals surface area (Å²) in [6.07, 6.45) is -3.54. The number of ketones is 1. The molecule has 1 fully saturated rings. The number of carbonyl (C=O) groups is 4. The molecule has 0 spiro atoms. The predicted molar refractivity (Wildman–Crippen MR) is 172 cm³/mol. The Balaban J connectivity index is 2.06. The lowest BCUT2D eigenvalue weighted by molar-refractivity contribution is -0.304. The van der Waals surface area contributed by atoms with Crippen LogP contribution in [0.15, 0.2) is 84.9 Å². The van der Waals surface area contributed by atoms with Crippen molar-refractivity contribution in [2.75, 3.05) is 41.8 Å². The summed E-state index contributed by atoms with van der Waals surface area (Å²) in [5.41, 5.74) is -2.41. The zero-order valence-electron chi connectivity index (χ0n) is 27.4. The van der Waals surface area contributed by atoms with Crippen molar-refractivity contribution in [1.29, 1.82) is 0 Å². The fourth-order valence-electron chi connectivity index (χ4n) is 6.10. The summed E-state index contributed by atoms with van der Waals surface area (Å²) in [7, 11) is 5.34. The van der Waals surface area contributed by atoms with Crippen LogP contribution in [-0.2, 0) is 23.7 Å². The molecular weight excluding hydrogens is 624 g/mol. The number of nitrogens with zero attached hydrogens (tertiary/aromatic N) is 1. The number of hydrogen-bond donors (Lipinski definition) is 2. The van der Waals surface area contributed by atoms with Crippen molar-refractivity contribution in [2.24, 2.45) is 5.92 Å². The van der Waals surface area contributed by atoms with E-state index in [1.54, 1.807) is 43.3 Å². The SMILES string of the molecule is COCOc1ccc(C(=O)NC2(C(=O)c3ccccc3)C(OC)C(C(C)OC)CCN(C(=O)O)C2(OC)OC(=O)c2ccccc2)cc1. The van der Waals surface area contributed by atoms with Crippen LogP contribution >= 0.6 is 0 Å². The van der Waals surface area contributed by atoms with Crippen molar-refractivity contribution >= 4 is 23.8 Å². The highest BCUT2D eigenvalue weighted by atomic mass is 16.7. The number of likely N-dealkylation sites (tertiary alicyclic amines) is 1. The summed E-state index contributed by atoms with van der Waals surface area (Å²) in [4.78, 5) is 57.4. The lowest BCUT2D eigenvalue weighted by Gasteiger charge is -2.52. The van der Waals surface area contributed by atoms with Gasteiger partial charge < -0.3 is 38.8 Å². The van der Waals surface area contributed by atoms with Gasteiger partial charge in [-0.25, -0.2) is 14.5 Å². The Kier molecular flexibility index (Phi) is 11.9. The smallest absolute Gasteiger partial charge is 0.412 e. The summed E-state index contributed by atoms with van der Waals surface area (Å²) >= 11 is 0. The fraction of sp³-hybridized carbons (Fsp3) is 0.371. The first kappa shape index (κ1) is 36.0. The Hall–Kier alpha value is -4.82. The van der Waals surface area contributed by atoms with Gasteiger partial charge in [0.2, 0.25) is 5.54 Å². The summed E-state index contributed by atoms with van der Waals surface area (Å²) in [5, 5.41) is 13.5. The average Bonchev–Trinajstić information content (AvgIpc) is 3.23. The molecule has 13 heteroatoms. The summed E-state index contributed by atoms with van der Waals surface area (Å²) in [6, 6.07) is 21.6. The summed E-state index contributed by atoms with van der Waals surface area (Å²) in [5.74, 6) is -5.84. The largest absolute Gasteiger partial charge is 0.468 e. The van der Waals surface area contributed by atoms with Gasteiger partial charge >= 0.3 is 18.0 Å². The minimum atomic E-state index is -2.82. The molecule has 0 bridgehead atoms. The Bertz CT molecular complexity index is 1550. The zero-order chi connectivity index (χ0) is 34.9. The minimum absolute atomic E-state index is 0.0248. The number of rotatable bonds is 13. The highest BCUT2D eigenvalue weighted by Crippen LogP contribution is 2.46. The maximum absolute atomic E-state index is 15.2. The number of carboxylic acid groups (broad SMARTS) is 1. The van der Waals surface area contributed by atoms with Gasteiger partial charge in [0.25, 0.3) is 5.91 Å². The molecule has 5 unspecified atom stereocenters. The van der Waals surface area contributed by atoms with Gasteiger partial charge in [-0.3, -0.25) is 9.59 Å². The number of amides is 2. The van der Waals surface area contributed by atoms with Crippen LogP contribution in [0.25, 0.3) is 0 Å². The van der Waals surface area contributed by atoms with E-state index in [0.29, 0.717) is 10.6 Å². The monoisotopic (exact) mass is 664 g/mol. The topological polar surface area (TPSA) is 159 Å². The number of ether oxygens (including phenoxy) is 6. The lowest BCUT2D eigenvalue weighted by atomic mass is 9.73. The van der Waals surface area contributed by atoms with Crippen molar-refractivity contribution < 1.29 is 52.7 Å². The fourth-order valence-corrected chi connectivity index (χ4v) is 6.10. The number of benzene rings is 3. The van der Waals surface area contributed by atoms with E-state index in [-0.39, 0.29) is 36.4 Å².